The van der Waals surface area contributed by atoms with Gasteiger partial charge in [-0.15, -0.1) is 0 Å². The number of hydrogen-bond acceptors (Lipinski definition) is 3. The average molecular weight is 453 g/mol. The Morgan fingerprint density at radius 3 is 2.69 bits per heavy atom. The van der Waals surface area contributed by atoms with Crippen LogP contribution in [0.3, 0.4) is 0 Å². The predicted octanol–water partition coefficient (Wildman–Crippen LogP) is 4.35. The Balaban J connectivity index is 1.61. The number of amides is 3. The summed E-state index contributed by atoms with van der Waals surface area (Å²) in [7, 11) is 0. The first-order valence-corrected chi connectivity index (χ1v) is 10.0. The number of halogens is 2. The molecule has 0 unspecified atom stereocenters. The van der Waals surface area contributed by atoms with Gasteiger partial charge in [-0.25, -0.2) is 14.0 Å². The second-order valence-corrected chi connectivity index (χ2v) is 7.76. The van der Waals surface area contributed by atoms with E-state index in [1.807, 2.05) is 0 Å². The van der Waals surface area contributed by atoms with Gasteiger partial charge in [0.15, 0.2) is 0 Å². The van der Waals surface area contributed by atoms with Gasteiger partial charge in [0.1, 0.15) is 11.5 Å². The van der Waals surface area contributed by atoms with Gasteiger partial charge in [-0.2, -0.15) is 5.10 Å². The van der Waals surface area contributed by atoms with Crippen molar-refractivity contribution in [2.75, 3.05) is 11.9 Å². The maximum absolute atomic E-state index is 13.7. The summed E-state index contributed by atoms with van der Waals surface area (Å²) in [5, 5.41) is 7.50. The molecule has 1 aromatic heterocycles. The van der Waals surface area contributed by atoms with E-state index in [-0.39, 0.29) is 22.9 Å². The van der Waals surface area contributed by atoms with Gasteiger partial charge in [0.2, 0.25) is 5.69 Å². The SMILES string of the molecule is [C-]#[N+]c1ccc(NC(=O)N2CCn3nc(-c4ccc(F)c(C)c4)c(C(N)=O)c3C2)cc1Cl. The van der Waals surface area contributed by atoms with Crippen molar-refractivity contribution in [3.05, 3.63) is 75.5 Å². The summed E-state index contributed by atoms with van der Waals surface area (Å²) in [4.78, 5) is 29.9. The molecular formula is C22H18ClFN6O2. The third-order valence-corrected chi connectivity index (χ3v) is 5.57. The van der Waals surface area contributed by atoms with Crippen LogP contribution in [-0.4, -0.2) is 33.2 Å². The van der Waals surface area contributed by atoms with Crippen molar-refractivity contribution < 1.29 is 14.0 Å². The van der Waals surface area contributed by atoms with Gasteiger partial charge in [0.05, 0.1) is 30.9 Å². The molecule has 0 aliphatic carbocycles. The highest BCUT2D eigenvalue weighted by atomic mass is 35.5. The standard InChI is InChI=1S/C22H18ClFN6O2/c1-12-9-13(3-5-16(12)24)20-19(21(25)31)18-11-29(7-8-30(18)28-20)22(32)27-14-4-6-17(26-2)15(23)10-14/h3-6,9-10H,7-8,11H2,1H3,(H2,25,31)(H,27,32). The summed E-state index contributed by atoms with van der Waals surface area (Å²) in [6.45, 7) is 9.51. The second kappa shape index (κ2) is 8.32. The van der Waals surface area contributed by atoms with E-state index in [2.05, 4.69) is 15.3 Å². The molecule has 0 atom stereocenters. The third-order valence-electron chi connectivity index (χ3n) is 5.26. The van der Waals surface area contributed by atoms with Gasteiger partial charge < -0.3 is 16.0 Å². The Kier molecular flexibility index (Phi) is 5.55. The minimum Gasteiger partial charge on any atom is -0.365 e. The Hall–Kier alpha value is -3.90. The number of hydrogen-bond donors (Lipinski definition) is 2. The van der Waals surface area contributed by atoms with Crippen LogP contribution in [-0.2, 0) is 13.1 Å². The summed E-state index contributed by atoms with van der Waals surface area (Å²) < 4.78 is 15.3. The number of carbonyl (C=O) groups excluding carboxylic acids is 2. The molecule has 0 fully saturated rings. The summed E-state index contributed by atoms with van der Waals surface area (Å²) in [6, 6.07) is 8.70. The lowest BCUT2D eigenvalue weighted by atomic mass is 10.0. The molecule has 2 aromatic carbocycles. The smallest absolute Gasteiger partial charge is 0.322 e. The average Bonchev–Trinajstić information content (AvgIpc) is 3.14. The van der Waals surface area contributed by atoms with E-state index < -0.39 is 11.9 Å². The molecular weight excluding hydrogens is 435 g/mol. The molecule has 8 nitrogen and oxygen atoms in total. The molecule has 0 saturated carbocycles. The van der Waals surface area contributed by atoms with Crippen LogP contribution in [0.15, 0.2) is 36.4 Å². The lowest BCUT2D eigenvalue weighted by Crippen LogP contribution is -2.41. The van der Waals surface area contributed by atoms with E-state index >= 15 is 0 Å². The van der Waals surface area contributed by atoms with Crippen LogP contribution < -0.4 is 11.1 Å². The zero-order valence-electron chi connectivity index (χ0n) is 17.0. The van der Waals surface area contributed by atoms with Crippen molar-refractivity contribution in [1.29, 1.82) is 0 Å². The third kappa shape index (κ3) is 3.88. The Morgan fingerprint density at radius 2 is 2.03 bits per heavy atom. The molecule has 1 aliphatic heterocycles. The van der Waals surface area contributed by atoms with Crippen molar-refractivity contribution in [2.24, 2.45) is 5.73 Å². The van der Waals surface area contributed by atoms with E-state index in [1.165, 1.54) is 23.1 Å². The number of carbonyl (C=O) groups is 2. The maximum Gasteiger partial charge on any atom is 0.322 e. The summed E-state index contributed by atoms with van der Waals surface area (Å²) in [6.07, 6.45) is 0. The highest BCUT2D eigenvalue weighted by Crippen LogP contribution is 2.30. The Labute approximate surface area is 188 Å². The van der Waals surface area contributed by atoms with E-state index in [9.17, 15) is 14.0 Å². The Morgan fingerprint density at radius 1 is 1.25 bits per heavy atom. The number of fused-ring (bicyclic) bond motifs is 1. The van der Waals surface area contributed by atoms with Crippen LogP contribution in [0.25, 0.3) is 16.1 Å². The van der Waals surface area contributed by atoms with Gasteiger partial charge >= 0.3 is 6.03 Å². The van der Waals surface area contributed by atoms with Gasteiger partial charge in [-0.1, -0.05) is 17.7 Å². The topological polar surface area (TPSA) is 97.6 Å². The molecule has 3 N–H and O–H groups in total. The van der Waals surface area contributed by atoms with Gasteiger partial charge in [-0.3, -0.25) is 9.48 Å². The van der Waals surface area contributed by atoms with Crippen molar-refractivity contribution in [2.45, 2.75) is 20.0 Å². The van der Waals surface area contributed by atoms with Crippen molar-refractivity contribution in [3.8, 4) is 11.3 Å². The number of rotatable bonds is 3. The molecule has 4 rings (SSSR count). The predicted molar refractivity (Wildman–Crippen MR) is 118 cm³/mol. The minimum atomic E-state index is -0.674. The number of urea groups is 1. The first kappa shape index (κ1) is 21.3. The van der Waals surface area contributed by atoms with Gasteiger partial charge in [0, 0.05) is 22.8 Å². The molecule has 3 amide bonds. The normalized spacial score (nSPS) is 12.8. The quantitative estimate of drug-likeness (QED) is 0.578. The largest absolute Gasteiger partial charge is 0.365 e. The lowest BCUT2D eigenvalue weighted by molar-refractivity contribution is 0.0997. The van der Waals surface area contributed by atoms with Crippen LogP contribution in [0.5, 0.6) is 0 Å². The van der Waals surface area contributed by atoms with Crippen molar-refractivity contribution >= 4 is 34.9 Å². The molecule has 2 heterocycles. The Bertz CT molecular complexity index is 1300. The van der Waals surface area contributed by atoms with Crippen LogP contribution in [0.1, 0.15) is 21.6 Å². The van der Waals surface area contributed by atoms with Gasteiger partial charge in [-0.05, 0) is 42.8 Å². The molecule has 0 saturated heterocycles. The zero-order chi connectivity index (χ0) is 23.0. The number of nitrogens with two attached hydrogens (primary N) is 1. The van der Waals surface area contributed by atoms with E-state index in [1.54, 1.807) is 29.8 Å². The molecule has 0 bridgehead atoms. The molecule has 32 heavy (non-hydrogen) atoms. The number of nitrogens with one attached hydrogen (secondary N) is 1. The number of aryl methyl sites for hydroxylation is 1. The number of anilines is 1. The first-order chi connectivity index (χ1) is 15.3. The van der Waals surface area contributed by atoms with Crippen LogP contribution >= 0.6 is 11.6 Å². The van der Waals surface area contributed by atoms with Crippen molar-refractivity contribution in [1.82, 2.24) is 14.7 Å². The summed E-state index contributed by atoms with van der Waals surface area (Å²) >= 11 is 6.04. The van der Waals surface area contributed by atoms with Crippen LogP contribution in [0, 0.1) is 19.3 Å². The highest BCUT2D eigenvalue weighted by molar-refractivity contribution is 6.33. The molecule has 1 aliphatic rings. The molecule has 162 valence electrons. The summed E-state index contributed by atoms with van der Waals surface area (Å²) in [5.41, 5.74) is 8.47. The second-order valence-electron chi connectivity index (χ2n) is 7.35. The molecule has 3 aromatic rings. The maximum atomic E-state index is 13.7. The molecule has 0 spiro atoms. The van der Waals surface area contributed by atoms with Crippen LogP contribution in [0.4, 0.5) is 20.6 Å². The van der Waals surface area contributed by atoms with Crippen LogP contribution in [0.2, 0.25) is 5.02 Å². The lowest BCUT2D eigenvalue weighted by Gasteiger charge is -2.28. The number of nitrogens with zero attached hydrogens (tertiary/aromatic N) is 4. The number of benzene rings is 2. The number of primary amides is 1. The fraction of sp³-hybridized carbons (Fsp3) is 0.182. The molecule has 10 heteroatoms. The highest BCUT2D eigenvalue weighted by Gasteiger charge is 2.29. The minimum absolute atomic E-state index is 0.116. The fourth-order valence-corrected chi connectivity index (χ4v) is 3.84. The fourth-order valence-electron chi connectivity index (χ4n) is 3.62. The number of aromatic nitrogens is 2. The zero-order valence-corrected chi connectivity index (χ0v) is 17.8. The summed E-state index contributed by atoms with van der Waals surface area (Å²) in [5.74, 6) is -1.03. The first-order valence-electron chi connectivity index (χ1n) is 9.67. The van der Waals surface area contributed by atoms with Crippen molar-refractivity contribution in [3.63, 3.8) is 0 Å². The van der Waals surface area contributed by atoms with E-state index in [0.29, 0.717) is 47.0 Å². The monoisotopic (exact) mass is 452 g/mol. The van der Waals surface area contributed by atoms with Gasteiger partial charge in [0.25, 0.3) is 5.91 Å². The molecule has 0 radical (unpaired) electrons. The van der Waals surface area contributed by atoms with E-state index in [0.717, 1.165) is 0 Å². The van der Waals surface area contributed by atoms with E-state index in [4.69, 9.17) is 23.9 Å².